The molecule has 6 rings (SSSR count). The van der Waals surface area contributed by atoms with Crippen LogP contribution in [0.4, 0.5) is 8.78 Å². The SMILES string of the molecule is COC(=O)C[C@H](NC(=O)[C@H](CCOCCNC(=O)CCCc1ccc(O)cc1)NC(=O)CN1CCN(CC(=O)O)CCN(CC(=O)O)CCN(CC(=O)O)CC1)C(=O)N1CCC(CCCCOc2ccc3nccc(C(=O)NCC(=O)N4CC(F)(F)C[C@@H]4C#N)c3c2)CC1. The molecule has 2 aromatic carbocycles. The maximum atomic E-state index is 14.4. The van der Waals surface area contributed by atoms with Gasteiger partial charge in [0.2, 0.25) is 29.5 Å². The first-order chi connectivity index (χ1) is 45.0. The maximum absolute atomic E-state index is 14.4. The largest absolute Gasteiger partial charge is 0.508 e. The number of rotatable bonds is 33. The zero-order valence-corrected chi connectivity index (χ0v) is 52.9. The molecule has 3 aliphatic rings. The van der Waals surface area contributed by atoms with E-state index in [0.717, 1.165) is 30.4 Å². The summed E-state index contributed by atoms with van der Waals surface area (Å²) in [6.07, 6.45) is 4.82. The molecule has 0 saturated carbocycles. The number of carboxylic acid groups (broad SMARTS) is 3. The highest BCUT2D eigenvalue weighted by Gasteiger charge is 2.47. The summed E-state index contributed by atoms with van der Waals surface area (Å²) in [5.41, 5.74) is 1.60. The molecule has 3 aromatic rings. The lowest BCUT2D eigenvalue weighted by Gasteiger charge is -2.35. The summed E-state index contributed by atoms with van der Waals surface area (Å²) in [7, 11) is 1.14. The van der Waals surface area contributed by atoms with Crippen molar-refractivity contribution in [3.05, 3.63) is 65.9 Å². The number of ether oxygens (including phenoxy) is 3. The number of phenolic OH excluding ortho intramolecular Hbond substituents is 1. The minimum atomic E-state index is -3.20. The van der Waals surface area contributed by atoms with E-state index in [4.69, 9.17) is 14.2 Å². The molecule has 0 bridgehead atoms. The van der Waals surface area contributed by atoms with Crippen LogP contribution in [0.25, 0.3) is 10.9 Å². The summed E-state index contributed by atoms with van der Waals surface area (Å²) in [4.78, 5) is 143. The normalized spacial score (nSPS) is 17.7. The Morgan fingerprint density at radius 2 is 1.34 bits per heavy atom. The van der Waals surface area contributed by atoms with Crippen molar-refractivity contribution in [2.45, 2.75) is 94.7 Å². The Bertz CT molecular complexity index is 3080. The van der Waals surface area contributed by atoms with Crippen molar-refractivity contribution in [3.8, 4) is 17.6 Å². The van der Waals surface area contributed by atoms with E-state index < -0.39 is 103 Å². The standard InChI is InChI=1S/C63H86F2N12O17/c1-92-59(88)34-52(62(91)76-20-15-44(16-21-76)5-2-3-30-94-47-12-13-50-49(33-47)48(14-18-67-50)60(89)69-37-55(81)77-42-63(64,65)35-45(77)36-66)71-61(90)51(17-31-93-32-19-68-53(79)7-4-6-43-8-10-46(78)11-9-43)70-54(80)38-72-22-24-73(39-56(82)83)26-28-75(41-58(86)87)29-27-74(25-23-72)40-57(84)85/h8-14,18,33,44-45,51-52,78H,2-7,15-17,19-32,34-35,37-42H2,1H3,(H,68,79)(H,69,89)(H,70,80)(H,71,90)(H,82,83)(H,84,85)(H,86,87)/t45-,51+,52+/m1/s1. The Morgan fingerprint density at radius 3 is 1.94 bits per heavy atom. The Labute approximate surface area is 543 Å². The number of aromatic nitrogens is 1. The lowest BCUT2D eigenvalue weighted by Crippen LogP contribution is -2.57. The molecule has 94 heavy (non-hydrogen) atoms. The van der Waals surface area contributed by atoms with Crippen LogP contribution in [0.3, 0.4) is 0 Å². The molecule has 3 aliphatic heterocycles. The van der Waals surface area contributed by atoms with Gasteiger partial charge < -0.3 is 65.7 Å². The van der Waals surface area contributed by atoms with Gasteiger partial charge in [0.25, 0.3) is 11.8 Å². The molecule has 0 spiro atoms. The molecule has 0 unspecified atom stereocenters. The molecule has 3 atom stereocenters. The number of methoxy groups -OCH3 is 1. The Balaban J connectivity index is 1.03. The van der Waals surface area contributed by atoms with E-state index >= 15 is 0 Å². The number of carboxylic acids is 3. The molecule has 31 heteroatoms. The van der Waals surface area contributed by atoms with Gasteiger partial charge in [-0.05, 0) is 92.8 Å². The third-order valence-electron chi connectivity index (χ3n) is 16.5. The van der Waals surface area contributed by atoms with Crippen molar-refractivity contribution in [2.75, 3.05) is 138 Å². The van der Waals surface area contributed by atoms with E-state index in [9.17, 15) is 82.4 Å². The minimum Gasteiger partial charge on any atom is -0.508 e. The quantitative estimate of drug-likeness (QED) is 0.0308. The molecule has 3 saturated heterocycles. The zero-order chi connectivity index (χ0) is 68.2. The first-order valence-corrected chi connectivity index (χ1v) is 31.5. The molecule has 6 amide bonds. The van der Waals surface area contributed by atoms with Gasteiger partial charge in [-0.1, -0.05) is 18.6 Å². The lowest BCUT2D eigenvalue weighted by molar-refractivity contribution is -0.147. The number of nitrogens with one attached hydrogen (secondary N) is 4. The number of nitrogens with zero attached hydrogens (tertiary/aromatic N) is 8. The van der Waals surface area contributed by atoms with Crippen molar-refractivity contribution in [3.63, 3.8) is 0 Å². The fraction of sp³-hybridized carbons (Fsp3) is 0.587. The third kappa shape index (κ3) is 25.7. The van der Waals surface area contributed by atoms with E-state index in [2.05, 4.69) is 26.3 Å². The second-order valence-electron chi connectivity index (χ2n) is 23.6. The molecular formula is C63H86F2N12O17. The maximum Gasteiger partial charge on any atom is 0.317 e. The van der Waals surface area contributed by atoms with Gasteiger partial charge in [0, 0.05) is 103 Å². The van der Waals surface area contributed by atoms with Gasteiger partial charge in [-0.2, -0.15) is 5.26 Å². The van der Waals surface area contributed by atoms with E-state index in [-0.39, 0.29) is 134 Å². The number of esters is 1. The van der Waals surface area contributed by atoms with E-state index in [1.165, 1.54) is 12.3 Å². The molecule has 514 valence electrons. The lowest BCUT2D eigenvalue weighted by atomic mass is 9.91. The number of halogens is 2. The number of fused-ring (bicyclic) bond motifs is 1. The highest BCUT2D eigenvalue weighted by Crippen LogP contribution is 2.32. The van der Waals surface area contributed by atoms with Crippen molar-refractivity contribution >= 4 is 70.2 Å². The fourth-order valence-electron chi connectivity index (χ4n) is 11.3. The number of benzene rings is 2. The predicted molar refractivity (Wildman–Crippen MR) is 332 cm³/mol. The Morgan fingerprint density at radius 1 is 0.723 bits per heavy atom. The minimum absolute atomic E-state index is 0.0340. The summed E-state index contributed by atoms with van der Waals surface area (Å²) in [6.45, 7) is -0.902. The second kappa shape index (κ2) is 37.9. The number of hydrogen-bond donors (Lipinski definition) is 8. The number of carbonyl (C=O) groups excluding carboxylic acids is 7. The number of likely N-dealkylation sites (tertiary alicyclic amines) is 2. The van der Waals surface area contributed by atoms with Crippen LogP contribution in [0, 0.1) is 17.2 Å². The number of nitriles is 1. The van der Waals surface area contributed by atoms with Crippen molar-refractivity contribution in [2.24, 2.45) is 5.92 Å². The van der Waals surface area contributed by atoms with E-state index in [0.29, 0.717) is 68.5 Å². The number of alkyl halides is 2. The smallest absolute Gasteiger partial charge is 0.317 e. The number of unbranched alkanes of at least 4 members (excludes halogenated alkanes) is 1. The average molecular weight is 1320 g/mol. The number of phenols is 1. The number of piperidine rings is 1. The first kappa shape index (κ1) is 74.3. The number of amides is 6. The van der Waals surface area contributed by atoms with E-state index in [1.807, 2.05) is 0 Å². The van der Waals surface area contributed by atoms with Gasteiger partial charge >= 0.3 is 23.9 Å². The summed E-state index contributed by atoms with van der Waals surface area (Å²) in [5, 5.41) is 58.9. The van der Waals surface area contributed by atoms with Crippen LogP contribution in [-0.2, 0) is 59.0 Å². The first-order valence-electron chi connectivity index (χ1n) is 31.5. The number of aryl methyl sites for hydroxylation is 1. The summed E-state index contributed by atoms with van der Waals surface area (Å²) >= 11 is 0. The van der Waals surface area contributed by atoms with E-state index in [1.54, 1.807) is 73.0 Å². The van der Waals surface area contributed by atoms with Gasteiger partial charge in [0.15, 0.2) is 0 Å². The van der Waals surface area contributed by atoms with Crippen LogP contribution in [0.2, 0.25) is 0 Å². The summed E-state index contributed by atoms with van der Waals surface area (Å²) in [5.74, 6) is -10.2. The highest BCUT2D eigenvalue weighted by molar-refractivity contribution is 6.07. The fourth-order valence-corrected chi connectivity index (χ4v) is 11.3. The van der Waals surface area contributed by atoms with Crippen LogP contribution in [0.5, 0.6) is 11.5 Å². The van der Waals surface area contributed by atoms with Gasteiger partial charge in [0.1, 0.15) is 29.6 Å². The number of pyridine rings is 1. The monoisotopic (exact) mass is 1320 g/mol. The Hall–Kier alpha value is -8.70. The van der Waals surface area contributed by atoms with Crippen LogP contribution in [0.15, 0.2) is 54.7 Å². The van der Waals surface area contributed by atoms with Crippen molar-refractivity contribution < 1.29 is 91.4 Å². The van der Waals surface area contributed by atoms with Gasteiger partial charge in [-0.25, -0.2) is 8.78 Å². The van der Waals surface area contributed by atoms with Gasteiger partial charge in [-0.3, -0.25) is 72.5 Å². The molecule has 1 aromatic heterocycles. The average Bonchev–Trinajstić information content (AvgIpc) is 1.29. The molecule has 29 nitrogen and oxygen atoms in total. The van der Waals surface area contributed by atoms with Crippen LogP contribution in [-0.4, -0.2) is 276 Å². The Kier molecular flexibility index (Phi) is 29.9. The van der Waals surface area contributed by atoms with Crippen molar-refractivity contribution in [1.29, 1.82) is 5.26 Å². The number of aromatic hydroxyl groups is 1. The van der Waals surface area contributed by atoms with Crippen LogP contribution in [0.1, 0.15) is 80.1 Å². The number of aliphatic carboxylic acids is 3. The highest BCUT2D eigenvalue weighted by atomic mass is 19.3. The second-order valence-corrected chi connectivity index (χ2v) is 23.6. The summed E-state index contributed by atoms with van der Waals surface area (Å²) in [6, 6.07) is 10.8. The molecule has 8 N–H and O–H groups in total. The van der Waals surface area contributed by atoms with Gasteiger partial charge in [0.05, 0.1) is 83.2 Å². The van der Waals surface area contributed by atoms with Crippen LogP contribution < -0.4 is 26.0 Å². The van der Waals surface area contributed by atoms with Gasteiger partial charge in [-0.15, -0.1) is 0 Å². The van der Waals surface area contributed by atoms with Crippen LogP contribution >= 0.6 is 0 Å². The zero-order valence-electron chi connectivity index (χ0n) is 52.9. The molecule has 0 aliphatic carbocycles. The third-order valence-corrected chi connectivity index (χ3v) is 16.5. The molecular weight excluding hydrogens is 1230 g/mol. The molecule has 3 fully saturated rings. The number of hydrogen-bond acceptors (Lipinski definition) is 20. The summed E-state index contributed by atoms with van der Waals surface area (Å²) < 4.78 is 44.7. The molecule has 4 heterocycles. The van der Waals surface area contributed by atoms with Crippen molar-refractivity contribution in [1.82, 2.24) is 55.7 Å². The topological polar surface area (TPSA) is 384 Å². The number of carbonyl (C=O) groups is 10. The molecule has 0 radical (unpaired) electrons. The predicted octanol–water partition coefficient (Wildman–Crippen LogP) is 0.772.